The van der Waals surface area contributed by atoms with Gasteiger partial charge < -0.3 is 20.2 Å². The lowest BCUT2D eigenvalue weighted by atomic mass is 10.0. The summed E-state index contributed by atoms with van der Waals surface area (Å²) < 4.78 is 66.9. The Morgan fingerprint density at radius 2 is 2.06 bits per heavy atom. The van der Waals surface area contributed by atoms with Crippen LogP contribution in [0.2, 0.25) is 0 Å². The van der Waals surface area contributed by atoms with Crippen molar-refractivity contribution in [1.82, 2.24) is 29.5 Å². The van der Waals surface area contributed by atoms with Gasteiger partial charge in [0.05, 0.1) is 29.4 Å². The number of pyridine rings is 1. The molecular formula is C19H17F4N7O2. The van der Waals surface area contributed by atoms with Gasteiger partial charge in [0, 0.05) is 30.4 Å². The van der Waals surface area contributed by atoms with E-state index in [0.29, 0.717) is 16.6 Å². The predicted octanol–water partition coefficient (Wildman–Crippen LogP) is 3.09. The first-order valence-corrected chi connectivity index (χ1v) is 9.56. The number of nitrogens with one attached hydrogen (secondary N) is 1. The lowest BCUT2D eigenvalue weighted by Crippen LogP contribution is -2.37. The van der Waals surface area contributed by atoms with Crippen LogP contribution in [0.5, 0.6) is 11.8 Å². The van der Waals surface area contributed by atoms with Gasteiger partial charge in [-0.05, 0) is 12.1 Å². The highest BCUT2D eigenvalue weighted by Gasteiger charge is 2.34. The summed E-state index contributed by atoms with van der Waals surface area (Å²) >= 11 is 0. The molecule has 0 unspecified atom stereocenters. The minimum atomic E-state index is -3.12. The molecule has 5 heterocycles. The standard InChI is InChI=1S/C19H17F4N7O2/c1-29-6-10(17(28-29)32-19(22)23)11-9-3-2-4-25-16(9)26-13(11)12-14(15(20)21)27-30-5-8(24)7-31-18(12)30/h2-4,6,8,15,19H,5,7,24H2,1H3,(H,25,26)/t8-/m0/s1. The molecule has 3 N–H and O–H groups in total. The summed E-state index contributed by atoms with van der Waals surface area (Å²) in [4.78, 5) is 7.27. The number of nitrogens with two attached hydrogens (primary N) is 1. The second-order valence-corrected chi connectivity index (χ2v) is 7.29. The fraction of sp³-hybridized carbons (Fsp3) is 0.316. The Hall–Kier alpha value is -3.61. The summed E-state index contributed by atoms with van der Waals surface area (Å²) in [6.07, 6.45) is 0.0512. The lowest BCUT2D eigenvalue weighted by molar-refractivity contribution is -0.0527. The zero-order valence-corrected chi connectivity index (χ0v) is 16.6. The average molecular weight is 451 g/mol. The largest absolute Gasteiger partial charge is 0.476 e. The molecule has 13 heteroatoms. The molecule has 1 aliphatic heterocycles. The van der Waals surface area contributed by atoms with E-state index in [1.807, 2.05) is 0 Å². The van der Waals surface area contributed by atoms with Crippen LogP contribution in [0.1, 0.15) is 12.1 Å². The number of hydrogen-bond acceptors (Lipinski definition) is 6. The van der Waals surface area contributed by atoms with E-state index in [-0.39, 0.29) is 41.7 Å². The average Bonchev–Trinajstić information content (AvgIpc) is 3.39. The van der Waals surface area contributed by atoms with Crippen LogP contribution in [-0.2, 0) is 13.6 Å². The van der Waals surface area contributed by atoms with Gasteiger partial charge in [0.25, 0.3) is 6.43 Å². The molecule has 0 saturated carbocycles. The van der Waals surface area contributed by atoms with E-state index in [1.54, 1.807) is 12.1 Å². The van der Waals surface area contributed by atoms with Crippen LogP contribution in [-0.4, -0.2) is 48.8 Å². The quantitative estimate of drug-likeness (QED) is 0.452. The van der Waals surface area contributed by atoms with E-state index in [4.69, 9.17) is 10.5 Å². The van der Waals surface area contributed by atoms with E-state index in [1.165, 1.54) is 28.8 Å². The van der Waals surface area contributed by atoms with Crippen LogP contribution in [0.25, 0.3) is 33.4 Å². The number of nitrogens with zero attached hydrogens (tertiary/aromatic N) is 5. The number of ether oxygens (including phenoxy) is 2. The first-order chi connectivity index (χ1) is 15.3. The number of halogens is 4. The third-order valence-electron chi connectivity index (χ3n) is 5.07. The third kappa shape index (κ3) is 3.25. The molecule has 4 aromatic rings. The number of hydrogen-bond donors (Lipinski definition) is 2. The van der Waals surface area contributed by atoms with Crippen molar-refractivity contribution < 1.29 is 27.0 Å². The predicted molar refractivity (Wildman–Crippen MR) is 105 cm³/mol. The molecule has 168 valence electrons. The van der Waals surface area contributed by atoms with E-state index < -0.39 is 24.8 Å². The van der Waals surface area contributed by atoms with Gasteiger partial charge in [-0.25, -0.2) is 18.4 Å². The van der Waals surface area contributed by atoms with Gasteiger partial charge in [-0.15, -0.1) is 5.10 Å². The molecule has 0 amide bonds. The highest BCUT2D eigenvalue weighted by atomic mass is 19.3. The number of H-pyrrole nitrogens is 1. The first kappa shape index (κ1) is 20.3. The van der Waals surface area contributed by atoms with Crippen LogP contribution in [0.3, 0.4) is 0 Å². The molecule has 0 spiro atoms. The van der Waals surface area contributed by atoms with Crippen LogP contribution in [0, 0.1) is 0 Å². The molecule has 0 radical (unpaired) electrons. The first-order valence-electron chi connectivity index (χ1n) is 9.56. The summed E-state index contributed by atoms with van der Waals surface area (Å²) in [5.74, 6) is -0.244. The molecule has 1 aliphatic rings. The Morgan fingerprint density at radius 3 is 2.81 bits per heavy atom. The van der Waals surface area contributed by atoms with Crippen molar-refractivity contribution in [1.29, 1.82) is 0 Å². The van der Waals surface area contributed by atoms with Gasteiger partial charge in [0.15, 0.2) is 0 Å². The van der Waals surface area contributed by atoms with E-state index in [0.717, 1.165) is 0 Å². The van der Waals surface area contributed by atoms with Gasteiger partial charge in [0.2, 0.25) is 11.8 Å². The zero-order chi connectivity index (χ0) is 22.6. The summed E-state index contributed by atoms with van der Waals surface area (Å²) in [6.45, 7) is -2.82. The summed E-state index contributed by atoms with van der Waals surface area (Å²) in [6, 6.07) is 2.92. The van der Waals surface area contributed by atoms with E-state index in [9.17, 15) is 17.6 Å². The topological polar surface area (TPSA) is 109 Å². The normalized spacial score (nSPS) is 16.1. The molecule has 4 aromatic heterocycles. The SMILES string of the molecule is Cn1cc(-c2c(-c3c(C(F)F)nn4c3OC[C@@H](N)C4)[nH]c3ncccc23)c(OC(F)F)n1. The highest BCUT2D eigenvalue weighted by Crippen LogP contribution is 2.47. The number of rotatable bonds is 5. The van der Waals surface area contributed by atoms with Crippen LogP contribution >= 0.6 is 0 Å². The molecule has 5 rings (SSSR count). The maximum atomic E-state index is 14.0. The van der Waals surface area contributed by atoms with Gasteiger partial charge in [-0.1, -0.05) is 0 Å². The Kier molecular flexibility index (Phi) is 4.77. The number of aromatic nitrogens is 6. The van der Waals surface area contributed by atoms with Crippen molar-refractivity contribution in [3.05, 3.63) is 30.2 Å². The van der Waals surface area contributed by atoms with Gasteiger partial charge in [-0.3, -0.25) is 4.68 Å². The van der Waals surface area contributed by atoms with Crippen LogP contribution < -0.4 is 15.2 Å². The van der Waals surface area contributed by atoms with Gasteiger partial charge in [0.1, 0.15) is 17.9 Å². The highest BCUT2D eigenvalue weighted by molar-refractivity contribution is 6.04. The molecule has 0 bridgehead atoms. The summed E-state index contributed by atoms with van der Waals surface area (Å²) in [5.41, 5.74) is 6.39. The summed E-state index contributed by atoms with van der Waals surface area (Å²) in [7, 11) is 1.53. The summed E-state index contributed by atoms with van der Waals surface area (Å²) in [5, 5.41) is 8.46. The molecule has 32 heavy (non-hydrogen) atoms. The van der Waals surface area contributed by atoms with E-state index in [2.05, 4.69) is 24.9 Å². The number of fused-ring (bicyclic) bond motifs is 2. The van der Waals surface area contributed by atoms with Crippen molar-refractivity contribution >= 4 is 11.0 Å². The second-order valence-electron chi connectivity index (χ2n) is 7.29. The maximum absolute atomic E-state index is 14.0. The van der Waals surface area contributed by atoms with Crippen LogP contribution in [0.4, 0.5) is 17.6 Å². The molecule has 0 fully saturated rings. The van der Waals surface area contributed by atoms with Crippen molar-refractivity contribution in [2.45, 2.75) is 25.6 Å². The number of aromatic amines is 1. The smallest absolute Gasteiger partial charge is 0.388 e. The lowest BCUT2D eigenvalue weighted by Gasteiger charge is -2.21. The molecule has 9 nitrogen and oxygen atoms in total. The minimum absolute atomic E-state index is 0.00625. The third-order valence-corrected chi connectivity index (χ3v) is 5.07. The molecule has 0 aliphatic carbocycles. The van der Waals surface area contributed by atoms with E-state index >= 15 is 0 Å². The molecule has 1 atom stereocenters. The molecular weight excluding hydrogens is 434 g/mol. The van der Waals surface area contributed by atoms with Gasteiger partial charge in [-0.2, -0.15) is 13.9 Å². The van der Waals surface area contributed by atoms with Crippen LogP contribution in [0.15, 0.2) is 24.5 Å². The van der Waals surface area contributed by atoms with Crippen molar-refractivity contribution in [2.75, 3.05) is 6.61 Å². The Balaban J connectivity index is 1.82. The Morgan fingerprint density at radius 1 is 1.25 bits per heavy atom. The fourth-order valence-corrected chi connectivity index (χ4v) is 3.88. The maximum Gasteiger partial charge on any atom is 0.388 e. The Bertz CT molecular complexity index is 1300. The molecule has 0 saturated heterocycles. The zero-order valence-electron chi connectivity index (χ0n) is 16.6. The Labute approximate surface area is 177 Å². The number of alkyl halides is 4. The van der Waals surface area contributed by atoms with Crippen molar-refractivity contribution in [2.24, 2.45) is 12.8 Å². The van der Waals surface area contributed by atoms with Crippen molar-refractivity contribution in [3.8, 4) is 34.1 Å². The second kappa shape index (κ2) is 7.51. The number of aryl methyl sites for hydroxylation is 1. The van der Waals surface area contributed by atoms with Gasteiger partial charge >= 0.3 is 6.61 Å². The van der Waals surface area contributed by atoms with Crippen molar-refractivity contribution in [3.63, 3.8) is 0 Å². The molecule has 0 aromatic carbocycles. The minimum Gasteiger partial charge on any atom is -0.476 e. The fourth-order valence-electron chi connectivity index (χ4n) is 3.88. The monoisotopic (exact) mass is 451 g/mol.